The van der Waals surface area contributed by atoms with Crippen LogP contribution in [-0.4, -0.2) is 41.5 Å². The van der Waals surface area contributed by atoms with E-state index in [0.717, 1.165) is 18.7 Å². The second-order valence-electron chi connectivity index (χ2n) is 4.58. The van der Waals surface area contributed by atoms with Gasteiger partial charge < -0.3 is 15.3 Å². The molecule has 102 valence electrons. The molecule has 2 N–H and O–H groups in total. The normalized spacial score (nSPS) is 12.7. The molecule has 0 radical (unpaired) electrons. The highest BCUT2D eigenvalue weighted by atomic mass is 16.4. The number of nitrogens with one attached hydrogen (secondary N) is 1. The van der Waals surface area contributed by atoms with Gasteiger partial charge in [0.05, 0.1) is 6.42 Å². The van der Waals surface area contributed by atoms with Crippen molar-refractivity contribution in [3.8, 4) is 0 Å². The molecule has 1 heterocycles. The average Bonchev–Trinajstić information content (AvgIpc) is 2.85. The fourth-order valence-electron chi connectivity index (χ4n) is 2.24. The van der Waals surface area contributed by atoms with Crippen molar-refractivity contribution >= 4 is 17.6 Å². The van der Waals surface area contributed by atoms with Crippen molar-refractivity contribution in [2.24, 2.45) is 0 Å². The first-order chi connectivity index (χ1) is 9.11. The number of nitrogens with zero attached hydrogens (tertiary/aromatic N) is 1. The topological polar surface area (TPSA) is 69.6 Å². The lowest BCUT2D eigenvalue weighted by Gasteiger charge is -2.20. The number of carbonyl (C=O) groups excluding carboxylic acids is 1. The van der Waals surface area contributed by atoms with Gasteiger partial charge in [0.25, 0.3) is 5.91 Å². The van der Waals surface area contributed by atoms with Crippen LogP contribution < -0.4 is 5.32 Å². The van der Waals surface area contributed by atoms with Gasteiger partial charge in [-0.25, -0.2) is 0 Å². The number of carboxylic acid groups (broad SMARTS) is 1. The zero-order chi connectivity index (χ0) is 13.8. The van der Waals surface area contributed by atoms with E-state index in [9.17, 15) is 9.59 Å². The summed E-state index contributed by atoms with van der Waals surface area (Å²) in [6.07, 6.45) is 0.961. The molecule has 19 heavy (non-hydrogen) atoms. The first-order valence-electron chi connectivity index (χ1n) is 6.49. The molecule has 2 rings (SSSR count). The number of benzene rings is 1. The molecule has 0 atom stereocenters. The van der Waals surface area contributed by atoms with E-state index in [4.69, 9.17) is 5.11 Å². The predicted octanol–water partition coefficient (Wildman–Crippen LogP) is 1.59. The van der Waals surface area contributed by atoms with Crippen LogP contribution in [0.1, 0.15) is 29.3 Å². The Kier molecular flexibility index (Phi) is 4.04. The quantitative estimate of drug-likeness (QED) is 0.845. The van der Waals surface area contributed by atoms with Gasteiger partial charge in [-0.15, -0.1) is 0 Å². The molecule has 0 fully saturated rings. The first-order valence-corrected chi connectivity index (χ1v) is 6.49. The number of amides is 1. The number of anilines is 1. The summed E-state index contributed by atoms with van der Waals surface area (Å²) in [6.45, 7) is 3.51. The zero-order valence-corrected chi connectivity index (χ0v) is 11.0. The number of carboxylic acids is 1. The minimum atomic E-state index is -0.887. The van der Waals surface area contributed by atoms with Crippen LogP contribution in [0.4, 0.5) is 5.69 Å². The van der Waals surface area contributed by atoms with Crippen molar-refractivity contribution in [3.05, 3.63) is 29.3 Å². The molecule has 1 aromatic carbocycles. The van der Waals surface area contributed by atoms with Crippen molar-refractivity contribution in [2.45, 2.75) is 19.8 Å². The molecule has 1 aromatic rings. The molecular formula is C14H18N2O3. The molecule has 1 amide bonds. The van der Waals surface area contributed by atoms with Gasteiger partial charge in [0.2, 0.25) is 0 Å². The van der Waals surface area contributed by atoms with Gasteiger partial charge >= 0.3 is 5.97 Å². The Morgan fingerprint density at radius 3 is 2.89 bits per heavy atom. The molecule has 0 aliphatic carbocycles. The van der Waals surface area contributed by atoms with Gasteiger partial charge in [-0.3, -0.25) is 9.59 Å². The van der Waals surface area contributed by atoms with Gasteiger partial charge in [-0.1, -0.05) is 6.07 Å². The van der Waals surface area contributed by atoms with E-state index in [1.54, 1.807) is 4.90 Å². The van der Waals surface area contributed by atoms with Crippen LogP contribution in [-0.2, 0) is 11.2 Å². The van der Waals surface area contributed by atoms with Crippen molar-refractivity contribution in [1.29, 1.82) is 0 Å². The van der Waals surface area contributed by atoms with Gasteiger partial charge in [0, 0.05) is 30.9 Å². The smallest absolute Gasteiger partial charge is 0.305 e. The predicted molar refractivity (Wildman–Crippen MR) is 72.5 cm³/mol. The Labute approximate surface area is 112 Å². The van der Waals surface area contributed by atoms with Crippen LogP contribution in [0.2, 0.25) is 0 Å². The summed E-state index contributed by atoms with van der Waals surface area (Å²) in [5.74, 6) is -0.998. The molecule has 0 bridgehead atoms. The fourth-order valence-corrected chi connectivity index (χ4v) is 2.24. The number of fused-ring (bicyclic) bond motifs is 1. The lowest BCUT2D eigenvalue weighted by atomic mass is 10.1. The molecule has 0 spiro atoms. The van der Waals surface area contributed by atoms with Gasteiger partial charge in [0.15, 0.2) is 0 Å². The first kappa shape index (κ1) is 13.4. The van der Waals surface area contributed by atoms with E-state index in [2.05, 4.69) is 5.32 Å². The third-order valence-electron chi connectivity index (χ3n) is 3.33. The number of hydrogen-bond donors (Lipinski definition) is 2. The Hall–Kier alpha value is -2.04. The largest absolute Gasteiger partial charge is 0.481 e. The van der Waals surface area contributed by atoms with E-state index in [0.29, 0.717) is 12.1 Å². The fraction of sp³-hybridized carbons (Fsp3) is 0.429. The lowest BCUT2D eigenvalue weighted by molar-refractivity contribution is -0.137. The number of hydrogen-bond acceptors (Lipinski definition) is 3. The Morgan fingerprint density at radius 1 is 1.42 bits per heavy atom. The molecular weight excluding hydrogens is 244 g/mol. The monoisotopic (exact) mass is 262 g/mol. The van der Waals surface area contributed by atoms with Crippen molar-refractivity contribution in [1.82, 2.24) is 4.90 Å². The van der Waals surface area contributed by atoms with Crippen LogP contribution in [0.3, 0.4) is 0 Å². The summed E-state index contributed by atoms with van der Waals surface area (Å²) in [5, 5.41) is 11.9. The average molecular weight is 262 g/mol. The van der Waals surface area contributed by atoms with Crippen LogP contribution >= 0.6 is 0 Å². The van der Waals surface area contributed by atoms with Gasteiger partial charge in [-0.05, 0) is 31.0 Å². The summed E-state index contributed by atoms with van der Waals surface area (Å²) in [4.78, 5) is 24.4. The third kappa shape index (κ3) is 3.05. The number of carbonyl (C=O) groups is 2. The molecule has 1 aliphatic rings. The SMILES string of the molecule is CCN(CCC(=O)O)C(=O)c1ccc2c(c1)NCC2. The minimum Gasteiger partial charge on any atom is -0.481 e. The molecule has 0 unspecified atom stereocenters. The summed E-state index contributed by atoms with van der Waals surface area (Å²) >= 11 is 0. The zero-order valence-electron chi connectivity index (χ0n) is 11.0. The number of aliphatic carboxylic acids is 1. The Balaban J connectivity index is 2.11. The highest BCUT2D eigenvalue weighted by Crippen LogP contribution is 2.23. The molecule has 0 saturated carbocycles. The summed E-state index contributed by atoms with van der Waals surface area (Å²) in [6, 6.07) is 5.64. The van der Waals surface area contributed by atoms with E-state index >= 15 is 0 Å². The number of rotatable bonds is 5. The van der Waals surface area contributed by atoms with Gasteiger partial charge in [-0.2, -0.15) is 0 Å². The Bertz CT molecular complexity index is 499. The summed E-state index contributed by atoms with van der Waals surface area (Å²) < 4.78 is 0. The molecule has 0 aromatic heterocycles. The van der Waals surface area contributed by atoms with Gasteiger partial charge in [0.1, 0.15) is 0 Å². The van der Waals surface area contributed by atoms with E-state index in [1.807, 2.05) is 25.1 Å². The Morgan fingerprint density at radius 2 is 2.21 bits per heavy atom. The molecule has 5 nitrogen and oxygen atoms in total. The molecule has 5 heteroatoms. The van der Waals surface area contributed by atoms with E-state index < -0.39 is 5.97 Å². The van der Waals surface area contributed by atoms with Crippen molar-refractivity contribution in [2.75, 3.05) is 25.0 Å². The second-order valence-corrected chi connectivity index (χ2v) is 4.58. The second kappa shape index (κ2) is 5.73. The third-order valence-corrected chi connectivity index (χ3v) is 3.33. The van der Waals surface area contributed by atoms with E-state index in [-0.39, 0.29) is 18.9 Å². The highest BCUT2D eigenvalue weighted by molar-refractivity contribution is 5.95. The van der Waals surface area contributed by atoms with Crippen LogP contribution in [0.15, 0.2) is 18.2 Å². The van der Waals surface area contributed by atoms with Crippen molar-refractivity contribution < 1.29 is 14.7 Å². The van der Waals surface area contributed by atoms with E-state index in [1.165, 1.54) is 5.56 Å². The highest BCUT2D eigenvalue weighted by Gasteiger charge is 2.18. The molecule has 0 saturated heterocycles. The maximum atomic E-state index is 12.3. The summed E-state index contributed by atoms with van der Waals surface area (Å²) in [7, 11) is 0. The van der Waals surface area contributed by atoms with Crippen LogP contribution in [0.25, 0.3) is 0 Å². The van der Waals surface area contributed by atoms with Crippen molar-refractivity contribution in [3.63, 3.8) is 0 Å². The maximum Gasteiger partial charge on any atom is 0.305 e. The van der Waals surface area contributed by atoms with Crippen LogP contribution in [0, 0.1) is 0 Å². The molecule has 1 aliphatic heterocycles. The maximum absolute atomic E-state index is 12.3. The standard InChI is InChI=1S/C14H18N2O3/c1-2-16(8-6-13(17)18)14(19)11-4-3-10-5-7-15-12(10)9-11/h3-4,9,15H,2,5-8H2,1H3,(H,17,18). The minimum absolute atomic E-state index is 0.0250. The summed E-state index contributed by atoms with van der Waals surface area (Å²) in [5.41, 5.74) is 2.85. The van der Waals surface area contributed by atoms with Crippen LogP contribution in [0.5, 0.6) is 0 Å². The lowest BCUT2D eigenvalue weighted by Crippen LogP contribution is -2.32.